The number of benzene rings is 1. The standard InChI is InChI=1S/C34H44N4/c1-23-7-24(2)32(36-4-6-38(22-36)34-18-28-11-29(19-34)13-30(12-28)20-34)14-31(23)35-3-5-37(21-35)33-15-25-8-26(16-33)10-27(9-25)17-33/h3-7,14,21-22,25-30H,8-13,15-20H2,1-2H3/q+2. The Balaban J connectivity index is 1.05. The van der Waals surface area contributed by atoms with E-state index in [1.807, 2.05) is 0 Å². The molecule has 0 amide bonds. The molecular formula is C34H44N4+2. The molecule has 1 aromatic carbocycles. The second kappa shape index (κ2) is 7.64. The molecule has 0 unspecified atom stereocenters. The Morgan fingerprint density at radius 3 is 1.24 bits per heavy atom. The van der Waals surface area contributed by atoms with Crippen molar-refractivity contribution >= 4 is 0 Å². The topological polar surface area (TPSA) is 17.6 Å². The Labute approximate surface area is 227 Å². The zero-order chi connectivity index (χ0) is 25.2. The summed E-state index contributed by atoms with van der Waals surface area (Å²) in [6, 6.07) is 4.84. The Morgan fingerprint density at radius 1 is 0.553 bits per heavy atom. The van der Waals surface area contributed by atoms with Crippen LogP contribution in [0.1, 0.15) is 88.2 Å². The molecule has 8 fully saturated rings. The van der Waals surface area contributed by atoms with Crippen LogP contribution in [0.15, 0.2) is 49.6 Å². The van der Waals surface area contributed by atoms with Gasteiger partial charge in [-0.1, -0.05) is 0 Å². The molecule has 2 aromatic heterocycles. The zero-order valence-corrected chi connectivity index (χ0v) is 23.4. The molecule has 0 radical (unpaired) electrons. The van der Waals surface area contributed by atoms with E-state index in [2.05, 4.69) is 81.7 Å². The van der Waals surface area contributed by atoms with Crippen molar-refractivity contribution in [2.75, 3.05) is 0 Å². The lowest BCUT2D eigenvalue weighted by atomic mass is 9.53. The summed E-state index contributed by atoms with van der Waals surface area (Å²) >= 11 is 0. The molecule has 38 heavy (non-hydrogen) atoms. The van der Waals surface area contributed by atoms with Crippen molar-refractivity contribution in [1.29, 1.82) is 0 Å². The first-order valence-electron chi connectivity index (χ1n) is 15.8. The number of imidazole rings is 2. The van der Waals surface area contributed by atoms with Crippen LogP contribution >= 0.6 is 0 Å². The van der Waals surface area contributed by atoms with Gasteiger partial charge in [-0.05, 0) is 144 Å². The minimum atomic E-state index is 0.380. The van der Waals surface area contributed by atoms with Crippen molar-refractivity contribution in [3.8, 4) is 11.4 Å². The minimum absolute atomic E-state index is 0.380. The van der Waals surface area contributed by atoms with Crippen LogP contribution in [0.2, 0.25) is 0 Å². The predicted octanol–water partition coefficient (Wildman–Crippen LogP) is 6.31. The fraction of sp³-hybridized carbons (Fsp3) is 0.647. The number of aryl methyl sites for hydroxylation is 2. The average molecular weight is 509 g/mol. The van der Waals surface area contributed by atoms with E-state index in [1.54, 1.807) is 0 Å². The van der Waals surface area contributed by atoms with Crippen molar-refractivity contribution < 1.29 is 9.13 Å². The van der Waals surface area contributed by atoms with E-state index in [0.717, 1.165) is 35.5 Å². The fourth-order valence-electron chi connectivity index (χ4n) is 11.7. The monoisotopic (exact) mass is 508 g/mol. The maximum absolute atomic E-state index is 2.63. The third kappa shape index (κ3) is 3.21. The van der Waals surface area contributed by atoms with Crippen molar-refractivity contribution in [3.05, 3.63) is 60.7 Å². The molecule has 8 saturated carbocycles. The SMILES string of the molecule is Cc1cc(C)c(-n2cc[n+](C34CC5CC(CC(C5)C3)C4)c2)cc1-n1cc[n+](C23CC4CC(CC(C4)C2)C3)c1. The fourth-order valence-corrected chi connectivity index (χ4v) is 11.7. The normalized spacial score (nSPS) is 40.4. The van der Waals surface area contributed by atoms with Gasteiger partial charge in [0.1, 0.15) is 47.2 Å². The van der Waals surface area contributed by atoms with Crippen molar-refractivity contribution in [2.24, 2.45) is 35.5 Å². The first-order chi connectivity index (χ1) is 18.4. The van der Waals surface area contributed by atoms with Gasteiger partial charge < -0.3 is 0 Å². The lowest BCUT2D eigenvalue weighted by Gasteiger charge is -2.54. The van der Waals surface area contributed by atoms with Crippen molar-refractivity contribution in [2.45, 2.75) is 102 Å². The van der Waals surface area contributed by atoms with E-state index in [0.29, 0.717) is 11.1 Å². The summed E-state index contributed by atoms with van der Waals surface area (Å²) in [5.74, 6) is 5.83. The van der Waals surface area contributed by atoms with Gasteiger partial charge >= 0.3 is 0 Å². The van der Waals surface area contributed by atoms with Gasteiger partial charge in [0.15, 0.2) is 0 Å². The lowest BCUT2D eigenvalue weighted by molar-refractivity contribution is -0.776. The number of rotatable bonds is 4. The summed E-state index contributed by atoms with van der Waals surface area (Å²) in [5.41, 5.74) is 6.13. The Morgan fingerprint density at radius 2 is 0.895 bits per heavy atom. The van der Waals surface area contributed by atoms with Crippen LogP contribution in [-0.2, 0) is 11.1 Å². The van der Waals surface area contributed by atoms with Gasteiger partial charge in [-0.15, -0.1) is 0 Å². The smallest absolute Gasteiger partial charge is 0.231 e. The van der Waals surface area contributed by atoms with Crippen LogP contribution in [0.4, 0.5) is 0 Å². The average Bonchev–Trinajstić information content (AvgIpc) is 3.54. The molecule has 0 aliphatic heterocycles. The molecule has 198 valence electrons. The highest BCUT2D eigenvalue weighted by molar-refractivity contribution is 5.53. The molecule has 2 heterocycles. The molecule has 3 aromatic rings. The molecule has 4 heteroatoms. The van der Waals surface area contributed by atoms with E-state index >= 15 is 0 Å². The maximum Gasteiger partial charge on any atom is 0.249 e. The van der Waals surface area contributed by atoms with Gasteiger partial charge in [-0.2, -0.15) is 0 Å². The molecule has 0 saturated heterocycles. The molecule has 4 nitrogen and oxygen atoms in total. The van der Waals surface area contributed by atoms with Crippen LogP contribution in [-0.4, -0.2) is 9.13 Å². The third-order valence-corrected chi connectivity index (χ3v) is 12.5. The minimum Gasteiger partial charge on any atom is -0.231 e. The first kappa shape index (κ1) is 22.5. The predicted molar refractivity (Wildman–Crippen MR) is 147 cm³/mol. The molecule has 8 bridgehead atoms. The number of nitrogens with zero attached hydrogens (tertiary/aromatic N) is 4. The quantitative estimate of drug-likeness (QED) is 0.368. The first-order valence-corrected chi connectivity index (χ1v) is 15.8. The van der Waals surface area contributed by atoms with Gasteiger partial charge in [0, 0.05) is 6.07 Å². The maximum atomic E-state index is 2.63. The number of hydrogen-bond donors (Lipinski definition) is 0. The number of aromatic nitrogens is 4. The molecule has 0 spiro atoms. The van der Waals surface area contributed by atoms with E-state index in [4.69, 9.17) is 0 Å². The molecule has 11 rings (SSSR count). The second-order valence-electron chi connectivity index (χ2n) is 15.2. The largest absolute Gasteiger partial charge is 0.249 e. The zero-order valence-electron chi connectivity index (χ0n) is 23.4. The van der Waals surface area contributed by atoms with Gasteiger partial charge in [-0.3, -0.25) is 0 Å². The highest BCUT2D eigenvalue weighted by Crippen LogP contribution is 2.58. The molecule has 8 aliphatic rings. The lowest BCUT2D eigenvalue weighted by Crippen LogP contribution is -2.64. The molecule has 0 N–H and O–H groups in total. The summed E-state index contributed by atoms with van der Waals surface area (Å²) in [7, 11) is 0. The van der Waals surface area contributed by atoms with Crippen LogP contribution in [0.25, 0.3) is 11.4 Å². The van der Waals surface area contributed by atoms with Crippen LogP contribution in [0.3, 0.4) is 0 Å². The van der Waals surface area contributed by atoms with Gasteiger partial charge in [0.2, 0.25) is 12.7 Å². The Bertz CT molecular complexity index is 1250. The molecule has 8 aliphatic carbocycles. The van der Waals surface area contributed by atoms with Crippen LogP contribution in [0.5, 0.6) is 0 Å². The third-order valence-electron chi connectivity index (χ3n) is 12.5. The highest BCUT2D eigenvalue weighted by Gasteiger charge is 2.55. The number of hydrogen-bond acceptors (Lipinski definition) is 0. The van der Waals surface area contributed by atoms with Crippen molar-refractivity contribution in [3.63, 3.8) is 0 Å². The summed E-state index contributed by atoms with van der Waals surface area (Å²) in [5, 5.41) is 0. The summed E-state index contributed by atoms with van der Waals surface area (Å²) in [6.07, 6.45) is 31.7. The summed E-state index contributed by atoms with van der Waals surface area (Å²) in [6.45, 7) is 4.57. The summed E-state index contributed by atoms with van der Waals surface area (Å²) < 4.78 is 10.1. The van der Waals surface area contributed by atoms with E-state index in [1.165, 1.54) is 99.6 Å². The van der Waals surface area contributed by atoms with Crippen molar-refractivity contribution in [1.82, 2.24) is 9.13 Å². The summed E-state index contributed by atoms with van der Waals surface area (Å²) in [4.78, 5) is 0. The Kier molecular flexibility index (Phi) is 4.51. The molecular weight excluding hydrogens is 464 g/mol. The van der Waals surface area contributed by atoms with Crippen LogP contribution < -0.4 is 9.13 Å². The van der Waals surface area contributed by atoms with E-state index in [-0.39, 0.29) is 0 Å². The van der Waals surface area contributed by atoms with Gasteiger partial charge in [0.25, 0.3) is 0 Å². The van der Waals surface area contributed by atoms with Crippen LogP contribution in [0, 0.1) is 49.4 Å². The molecule has 0 atom stereocenters. The van der Waals surface area contributed by atoms with E-state index < -0.39 is 0 Å². The Hall–Kier alpha value is -2.36. The van der Waals surface area contributed by atoms with Gasteiger partial charge in [-0.25, -0.2) is 18.3 Å². The van der Waals surface area contributed by atoms with Gasteiger partial charge in [0.05, 0.1) is 0 Å². The second-order valence-corrected chi connectivity index (χ2v) is 15.2. The van der Waals surface area contributed by atoms with E-state index in [9.17, 15) is 0 Å². The highest BCUT2D eigenvalue weighted by atomic mass is 15.2.